The van der Waals surface area contributed by atoms with Gasteiger partial charge in [-0.2, -0.15) is 0 Å². The van der Waals surface area contributed by atoms with Gasteiger partial charge in [0.2, 0.25) is 0 Å². The van der Waals surface area contributed by atoms with Gasteiger partial charge in [-0.15, -0.1) is 0 Å². The number of rotatable bonds is 0. The molecule has 0 spiro atoms. The summed E-state index contributed by atoms with van der Waals surface area (Å²) in [6, 6.07) is 8.10. The Hall–Kier alpha value is -2.94. The molecule has 0 bridgehead atoms. The molecular formula is C18H9NO2. The van der Waals surface area contributed by atoms with Gasteiger partial charge in [-0.25, -0.2) is 4.98 Å². The molecule has 3 aromatic rings. The molecule has 2 aliphatic rings. The van der Waals surface area contributed by atoms with Crippen molar-refractivity contribution in [2.75, 3.05) is 0 Å². The van der Waals surface area contributed by atoms with Crippen LogP contribution in [0, 0.1) is 10.6 Å². The quantitative estimate of drug-likeness (QED) is 0.490. The molecular weight excluding hydrogens is 262 g/mol. The molecule has 98 valence electrons. The number of aromatic nitrogens is 1. The zero-order valence-electron chi connectivity index (χ0n) is 11.0. The van der Waals surface area contributed by atoms with E-state index < -0.39 is 0 Å². The van der Waals surface area contributed by atoms with Gasteiger partial charge in [0.15, 0.2) is 17.6 Å². The summed E-state index contributed by atoms with van der Waals surface area (Å²) in [6.45, 7) is 0. The monoisotopic (exact) mass is 271 g/mol. The van der Waals surface area contributed by atoms with E-state index >= 15 is 0 Å². The molecule has 0 unspecified atom stereocenters. The Labute approximate surface area is 118 Å². The molecule has 5 rings (SSSR count). The summed E-state index contributed by atoms with van der Waals surface area (Å²) in [7, 11) is 0. The van der Waals surface area contributed by atoms with E-state index in [0.717, 1.165) is 43.1 Å². The molecule has 3 heteroatoms. The zero-order valence-corrected chi connectivity index (χ0v) is 11.0. The maximum absolute atomic E-state index is 12.2. The Morgan fingerprint density at radius 2 is 1.95 bits per heavy atom. The number of nitrogens with zero attached hydrogens (tertiary/aromatic N) is 1. The highest BCUT2D eigenvalue weighted by atomic mass is 16.3. The predicted molar refractivity (Wildman–Crippen MR) is 78.9 cm³/mol. The highest BCUT2D eigenvalue weighted by Crippen LogP contribution is 2.25. The van der Waals surface area contributed by atoms with Gasteiger partial charge < -0.3 is 4.42 Å². The van der Waals surface area contributed by atoms with Gasteiger partial charge in [-0.1, -0.05) is 36.4 Å². The number of carbonyl (C=O) groups is 1. The average molecular weight is 271 g/mol. The first-order valence-corrected chi connectivity index (χ1v) is 6.77. The molecule has 2 aliphatic carbocycles. The van der Waals surface area contributed by atoms with Crippen LogP contribution in [0.15, 0.2) is 47.2 Å². The van der Waals surface area contributed by atoms with E-state index in [1.165, 1.54) is 6.39 Å². The molecule has 0 radical (unpaired) electrons. The third-order valence-corrected chi connectivity index (χ3v) is 4.17. The Morgan fingerprint density at radius 1 is 1.05 bits per heavy atom. The standard InChI is InChI=1S/C18H9NO2/c20-15-3-1-2-10-4-5-11-12(17(10)15)6-7-13-14(11)8-16-18(13)19-9-21-16/h1-9H. The molecule has 0 amide bonds. The van der Waals surface area contributed by atoms with Crippen molar-refractivity contribution >= 4 is 28.7 Å². The van der Waals surface area contributed by atoms with Crippen LogP contribution in [0.1, 0.15) is 15.9 Å². The Bertz CT molecular complexity index is 1200. The van der Waals surface area contributed by atoms with Gasteiger partial charge in [-0.05, 0) is 33.7 Å². The summed E-state index contributed by atoms with van der Waals surface area (Å²) >= 11 is 0. The summed E-state index contributed by atoms with van der Waals surface area (Å²) in [5.41, 5.74) is 2.65. The van der Waals surface area contributed by atoms with Crippen molar-refractivity contribution < 1.29 is 9.21 Å². The second-order valence-corrected chi connectivity index (χ2v) is 5.25. The summed E-state index contributed by atoms with van der Waals surface area (Å²) in [4.78, 5) is 16.5. The second-order valence-electron chi connectivity index (χ2n) is 5.25. The third kappa shape index (κ3) is 1.28. The SMILES string of the molecule is O=C1C=CC=c2ccc3c4c(ccc3c21)=c1ncoc1=C4. The topological polar surface area (TPSA) is 43.1 Å². The third-order valence-electron chi connectivity index (χ3n) is 4.17. The first-order chi connectivity index (χ1) is 10.3. The summed E-state index contributed by atoms with van der Waals surface area (Å²) in [5, 5.41) is 4.97. The Morgan fingerprint density at radius 3 is 2.90 bits per heavy atom. The lowest BCUT2D eigenvalue weighted by Gasteiger charge is -2.09. The van der Waals surface area contributed by atoms with E-state index in [0.29, 0.717) is 0 Å². The zero-order chi connectivity index (χ0) is 14.0. The van der Waals surface area contributed by atoms with Crippen LogP contribution in [0.25, 0.3) is 22.9 Å². The van der Waals surface area contributed by atoms with Crippen molar-refractivity contribution in [1.29, 1.82) is 0 Å². The van der Waals surface area contributed by atoms with Gasteiger partial charge >= 0.3 is 0 Å². The lowest BCUT2D eigenvalue weighted by atomic mass is 9.93. The van der Waals surface area contributed by atoms with E-state index in [-0.39, 0.29) is 5.78 Å². The van der Waals surface area contributed by atoms with Gasteiger partial charge in [0.25, 0.3) is 0 Å². The lowest BCUT2D eigenvalue weighted by molar-refractivity contribution is 0.104. The molecule has 0 aliphatic heterocycles. The number of ketones is 1. The molecule has 1 heterocycles. The predicted octanol–water partition coefficient (Wildman–Crippen LogP) is 1.79. The number of allylic oxidation sites excluding steroid dienone is 2. The molecule has 0 saturated carbocycles. The fourth-order valence-corrected chi connectivity index (χ4v) is 3.24. The molecule has 1 aromatic heterocycles. The van der Waals surface area contributed by atoms with E-state index in [2.05, 4.69) is 11.1 Å². The number of benzene rings is 2. The van der Waals surface area contributed by atoms with Crippen molar-refractivity contribution in [2.24, 2.45) is 0 Å². The normalized spacial score (nSPS) is 14.4. The first-order valence-electron chi connectivity index (χ1n) is 6.77. The van der Waals surface area contributed by atoms with Crippen molar-refractivity contribution in [3.05, 3.63) is 75.1 Å². The number of hydrogen-bond acceptors (Lipinski definition) is 3. The van der Waals surface area contributed by atoms with Gasteiger partial charge in [0, 0.05) is 10.8 Å². The first kappa shape index (κ1) is 10.8. The number of fused-ring (bicyclic) bond motifs is 6. The van der Waals surface area contributed by atoms with E-state index in [1.54, 1.807) is 12.2 Å². The summed E-state index contributed by atoms with van der Waals surface area (Å²) < 4.78 is 5.39. The van der Waals surface area contributed by atoms with Crippen molar-refractivity contribution in [3.8, 4) is 0 Å². The molecule has 0 N–H and O–H groups in total. The van der Waals surface area contributed by atoms with E-state index in [4.69, 9.17) is 4.42 Å². The molecule has 0 saturated heterocycles. The minimum atomic E-state index is 0.0609. The number of hydrogen-bond donors (Lipinski definition) is 0. The van der Waals surface area contributed by atoms with Crippen LogP contribution < -0.4 is 10.6 Å². The van der Waals surface area contributed by atoms with E-state index in [1.807, 2.05) is 30.4 Å². The lowest BCUT2D eigenvalue weighted by Crippen LogP contribution is -2.16. The van der Waals surface area contributed by atoms with Gasteiger partial charge in [-0.3, -0.25) is 4.79 Å². The summed E-state index contributed by atoms with van der Waals surface area (Å²) in [5.74, 6) is 0.0609. The van der Waals surface area contributed by atoms with Crippen LogP contribution in [0.3, 0.4) is 0 Å². The highest BCUT2D eigenvalue weighted by molar-refractivity contribution is 6.16. The molecule has 0 atom stereocenters. The summed E-state index contributed by atoms with van der Waals surface area (Å²) in [6.07, 6.45) is 8.85. The van der Waals surface area contributed by atoms with Crippen LogP contribution in [0.5, 0.6) is 0 Å². The molecule has 2 aromatic carbocycles. The fraction of sp³-hybridized carbons (Fsp3) is 0. The highest BCUT2D eigenvalue weighted by Gasteiger charge is 2.16. The van der Waals surface area contributed by atoms with Crippen molar-refractivity contribution in [1.82, 2.24) is 4.98 Å². The Balaban J connectivity index is 2.04. The van der Waals surface area contributed by atoms with Crippen LogP contribution >= 0.6 is 0 Å². The number of carbonyl (C=O) groups excluding carboxylic acids is 1. The molecule has 3 nitrogen and oxygen atoms in total. The largest absolute Gasteiger partial charge is 0.443 e. The van der Waals surface area contributed by atoms with E-state index in [9.17, 15) is 4.79 Å². The smallest absolute Gasteiger partial charge is 0.187 e. The maximum atomic E-state index is 12.2. The average Bonchev–Trinajstić information content (AvgIpc) is 3.07. The van der Waals surface area contributed by atoms with Crippen molar-refractivity contribution in [2.45, 2.75) is 0 Å². The van der Waals surface area contributed by atoms with Gasteiger partial charge in [0.1, 0.15) is 5.35 Å². The Kier molecular flexibility index (Phi) is 1.84. The van der Waals surface area contributed by atoms with Crippen molar-refractivity contribution in [3.63, 3.8) is 0 Å². The minimum Gasteiger partial charge on any atom is -0.443 e. The molecule has 21 heavy (non-hydrogen) atoms. The second kappa shape index (κ2) is 3.58. The number of oxazole rings is 1. The van der Waals surface area contributed by atoms with Crippen LogP contribution in [0.4, 0.5) is 0 Å². The fourth-order valence-electron chi connectivity index (χ4n) is 3.24. The maximum Gasteiger partial charge on any atom is 0.187 e. The van der Waals surface area contributed by atoms with Gasteiger partial charge in [0.05, 0.1) is 0 Å². The van der Waals surface area contributed by atoms with Crippen LogP contribution in [-0.2, 0) is 0 Å². The minimum absolute atomic E-state index is 0.0609. The van der Waals surface area contributed by atoms with Crippen LogP contribution in [-0.4, -0.2) is 10.8 Å². The molecule has 0 fully saturated rings. The van der Waals surface area contributed by atoms with Crippen LogP contribution in [0.2, 0.25) is 0 Å².